The highest BCUT2D eigenvalue weighted by Gasteiger charge is 2.08. The van der Waals surface area contributed by atoms with Crippen LogP contribution < -0.4 is 5.32 Å². The van der Waals surface area contributed by atoms with E-state index in [1.807, 2.05) is 42.6 Å². The molecule has 21 heavy (non-hydrogen) atoms. The van der Waals surface area contributed by atoms with Crippen molar-refractivity contribution >= 4 is 55.7 Å². The van der Waals surface area contributed by atoms with Crippen LogP contribution in [-0.4, -0.2) is 4.98 Å². The van der Waals surface area contributed by atoms with Crippen molar-refractivity contribution in [2.45, 2.75) is 6.54 Å². The van der Waals surface area contributed by atoms with Crippen molar-refractivity contribution in [2.24, 2.45) is 0 Å². The van der Waals surface area contributed by atoms with Crippen LogP contribution >= 0.6 is 39.1 Å². The minimum atomic E-state index is 0.590. The lowest BCUT2D eigenvalue weighted by molar-refractivity contribution is 1.16. The molecule has 106 valence electrons. The van der Waals surface area contributed by atoms with Gasteiger partial charge in [0.05, 0.1) is 21.2 Å². The van der Waals surface area contributed by atoms with Crippen LogP contribution in [0.3, 0.4) is 0 Å². The van der Waals surface area contributed by atoms with E-state index in [1.165, 1.54) is 0 Å². The van der Waals surface area contributed by atoms with Gasteiger partial charge in [-0.15, -0.1) is 0 Å². The number of fused-ring (bicyclic) bond motifs is 1. The van der Waals surface area contributed by atoms with Crippen molar-refractivity contribution in [1.82, 2.24) is 4.98 Å². The van der Waals surface area contributed by atoms with Crippen LogP contribution in [-0.2, 0) is 6.54 Å². The van der Waals surface area contributed by atoms with E-state index >= 15 is 0 Å². The molecule has 0 aliphatic rings. The normalized spacial score (nSPS) is 10.8. The Kier molecular flexibility index (Phi) is 4.34. The molecule has 0 bridgehead atoms. The average molecular weight is 382 g/mol. The molecule has 0 aliphatic carbocycles. The Balaban J connectivity index is 1.91. The Labute approximate surface area is 141 Å². The second-order valence-corrected chi connectivity index (χ2v) is 6.32. The molecule has 0 aliphatic heterocycles. The fourth-order valence-electron chi connectivity index (χ4n) is 2.20. The number of pyridine rings is 1. The SMILES string of the molecule is Clc1cc(Br)cc(Cl)c1NCc1ccnc2ccccc12. The maximum absolute atomic E-state index is 6.23. The summed E-state index contributed by atoms with van der Waals surface area (Å²) in [7, 11) is 0. The van der Waals surface area contributed by atoms with Gasteiger partial charge in [0, 0.05) is 22.6 Å². The van der Waals surface area contributed by atoms with Gasteiger partial charge in [-0.2, -0.15) is 0 Å². The standard InChI is InChI=1S/C16H11BrCl2N2/c17-11-7-13(18)16(14(19)8-11)21-9-10-5-6-20-15-4-2-1-3-12(10)15/h1-8,21H,9H2. The molecule has 0 fully saturated rings. The zero-order valence-electron chi connectivity index (χ0n) is 10.9. The van der Waals surface area contributed by atoms with Gasteiger partial charge < -0.3 is 5.32 Å². The highest BCUT2D eigenvalue weighted by molar-refractivity contribution is 9.10. The van der Waals surface area contributed by atoms with Crippen molar-refractivity contribution < 1.29 is 0 Å². The van der Waals surface area contributed by atoms with Gasteiger partial charge in [0.25, 0.3) is 0 Å². The van der Waals surface area contributed by atoms with Gasteiger partial charge in [0.2, 0.25) is 0 Å². The Morgan fingerprint density at radius 1 is 1.05 bits per heavy atom. The molecular formula is C16H11BrCl2N2. The molecule has 0 atom stereocenters. The molecule has 0 unspecified atom stereocenters. The summed E-state index contributed by atoms with van der Waals surface area (Å²) < 4.78 is 0.859. The molecule has 3 rings (SSSR count). The number of benzene rings is 2. The highest BCUT2D eigenvalue weighted by atomic mass is 79.9. The van der Waals surface area contributed by atoms with Crippen LogP contribution in [0.2, 0.25) is 10.0 Å². The first-order valence-electron chi connectivity index (χ1n) is 6.36. The lowest BCUT2D eigenvalue weighted by Crippen LogP contribution is -2.02. The van der Waals surface area contributed by atoms with Crippen LogP contribution in [0.15, 0.2) is 53.1 Å². The van der Waals surface area contributed by atoms with Gasteiger partial charge in [-0.3, -0.25) is 4.98 Å². The second kappa shape index (κ2) is 6.22. The fourth-order valence-corrected chi connectivity index (χ4v) is 3.55. The molecule has 0 saturated carbocycles. The molecule has 0 radical (unpaired) electrons. The molecule has 0 spiro atoms. The van der Waals surface area contributed by atoms with Crippen LogP contribution in [0.1, 0.15) is 5.56 Å². The van der Waals surface area contributed by atoms with E-state index < -0.39 is 0 Å². The molecule has 1 aromatic heterocycles. The minimum absolute atomic E-state index is 0.590. The first kappa shape index (κ1) is 14.6. The highest BCUT2D eigenvalue weighted by Crippen LogP contribution is 2.34. The van der Waals surface area contributed by atoms with Crippen LogP contribution in [0.5, 0.6) is 0 Å². The van der Waals surface area contributed by atoms with E-state index in [0.29, 0.717) is 16.6 Å². The zero-order valence-corrected chi connectivity index (χ0v) is 14.0. The maximum atomic E-state index is 6.23. The first-order valence-corrected chi connectivity index (χ1v) is 7.91. The summed E-state index contributed by atoms with van der Waals surface area (Å²) in [5, 5.41) is 5.61. The van der Waals surface area contributed by atoms with Crippen molar-refractivity contribution in [1.29, 1.82) is 0 Å². The Bertz CT molecular complexity index is 777. The van der Waals surface area contributed by atoms with E-state index in [1.54, 1.807) is 0 Å². The van der Waals surface area contributed by atoms with E-state index in [0.717, 1.165) is 26.6 Å². The van der Waals surface area contributed by atoms with E-state index in [4.69, 9.17) is 23.2 Å². The van der Waals surface area contributed by atoms with Gasteiger partial charge in [0.1, 0.15) is 0 Å². The summed E-state index contributed by atoms with van der Waals surface area (Å²) in [6, 6.07) is 13.7. The molecule has 2 nitrogen and oxygen atoms in total. The average Bonchev–Trinajstić information content (AvgIpc) is 2.46. The molecular weight excluding hydrogens is 371 g/mol. The number of hydrogen-bond acceptors (Lipinski definition) is 2. The number of rotatable bonds is 3. The number of halogens is 3. The predicted molar refractivity (Wildman–Crippen MR) is 93.2 cm³/mol. The van der Waals surface area contributed by atoms with Crippen LogP contribution in [0, 0.1) is 0 Å². The number of hydrogen-bond donors (Lipinski definition) is 1. The summed E-state index contributed by atoms with van der Waals surface area (Å²) in [5.74, 6) is 0. The molecule has 3 aromatic rings. The number of nitrogens with zero attached hydrogens (tertiary/aromatic N) is 1. The number of para-hydroxylation sites is 1. The summed E-state index contributed by atoms with van der Waals surface area (Å²) >= 11 is 15.8. The zero-order chi connectivity index (χ0) is 14.8. The predicted octanol–water partition coefficient (Wildman–Crippen LogP) is 5.92. The molecule has 0 saturated heterocycles. The van der Waals surface area contributed by atoms with Crippen molar-refractivity contribution in [3.05, 3.63) is 68.7 Å². The Morgan fingerprint density at radius 2 is 1.76 bits per heavy atom. The van der Waals surface area contributed by atoms with Gasteiger partial charge in [0.15, 0.2) is 0 Å². The second-order valence-electron chi connectivity index (χ2n) is 4.59. The number of nitrogens with one attached hydrogen (secondary N) is 1. The van der Waals surface area contributed by atoms with E-state index in [-0.39, 0.29) is 0 Å². The summed E-state index contributed by atoms with van der Waals surface area (Å²) in [5.41, 5.74) is 2.86. The molecule has 1 heterocycles. The summed E-state index contributed by atoms with van der Waals surface area (Å²) in [6.07, 6.45) is 1.81. The van der Waals surface area contributed by atoms with Gasteiger partial charge >= 0.3 is 0 Å². The number of anilines is 1. The largest absolute Gasteiger partial charge is 0.379 e. The van der Waals surface area contributed by atoms with Crippen LogP contribution in [0.25, 0.3) is 10.9 Å². The lowest BCUT2D eigenvalue weighted by atomic mass is 10.1. The minimum Gasteiger partial charge on any atom is -0.379 e. The maximum Gasteiger partial charge on any atom is 0.0722 e. The van der Waals surface area contributed by atoms with Crippen molar-refractivity contribution in [3.8, 4) is 0 Å². The van der Waals surface area contributed by atoms with Crippen molar-refractivity contribution in [3.63, 3.8) is 0 Å². The topological polar surface area (TPSA) is 24.9 Å². The van der Waals surface area contributed by atoms with Crippen molar-refractivity contribution in [2.75, 3.05) is 5.32 Å². The third kappa shape index (κ3) is 3.15. The molecule has 1 N–H and O–H groups in total. The lowest BCUT2D eigenvalue weighted by Gasteiger charge is -2.12. The Morgan fingerprint density at radius 3 is 2.52 bits per heavy atom. The smallest absolute Gasteiger partial charge is 0.0722 e. The molecule has 2 aromatic carbocycles. The fraction of sp³-hybridized carbons (Fsp3) is 0.0625. The quantitative estimate of drug-likeness (QED) is 0.609. The summed E-state index contributed by atoms with van der Waals surface area (Å²) in [6.45, 7) is 0.629. The van der Waals surface area contributed by atoms with Gasteiger partial charge in [-0.25, -0.2) is 0 Å². The van der Waals surface area contributed by atoms with Gasteiger partial charge in [-0.1, -0.05) is 57.3 Å². The van der Waals surface area contributed by atoms with E-state index in [2.05, 4.69) is 32.3 Å². The monoisotopic (exact) mass is 380 g/mol. The van der Waals surface area contributed by atoms with Crippen LogP contribution in [0.4, 0.5) is 5.69 Å². The third-order valence-electron chi connectivity index (χ3n) is 3.20. The third-order valence-corrected chi connectivity index (χ3v) is 4.26. The Hall–Kier alpha value is -1.29. The van der Waals surface area contributed by atoms with E-state index in [9.17, 15) is 0 Å². The van der Waals surface area contributed by atoms with Gasteiger partial charge in [-0.05, 0) is 29.8 Å². The molecule has 0 amide bonds. The number of aromatic nitrogens is 1. The summed E-state index contributed by atoms with van der Waals surface area (Å²) in [4.78, 5) is 4.36. The molecule has 5 heteroatoms. The first-order chi connectivity index (χ1) is 10.1.